The van der Waals surface area contributed by atoms with Gasteiger partial charge in [-0.2, -0.15) is 0 Å². The third-order valence-electron chi connectivity index (χ3n) is 5.48. The molecule has 7 heteroatoms. The molecule has 2 aromatic heterocycles. The Morgan fingerprint density at radius 3 is 2.61 bits per heavy atom. The minimum atomic E-state index is -0.445. The van der Waals surface area contributed by atoms with Gasteiger partial charge in [-0.25, -0.2) is 0 Å². The number of nitrogens with zero attached hydrogens (tertiary/aromatic N) is 1. The van der Waals surface area contributed by atoms with Crippen LogP contribution in [-0.2, 0) is 4.74 Å². The number of hydrogen-bond acceptors (Lipinski definition) is 5. The topological polar surface area (TPSA) is 88.3 Å². The van der Waals surface area contributed by atoms with Gasteiger partial charge in [0.2, 0.25) is 17.4 Å². The van der Waals surface area contributed by atoms with Crippen LogP contribution in [0.2, 0.25) is 5.02 Å². The number of aromatic hydroxyl groups is 1. The van der Waals surface area contributed by atoms with Gasteiger partial charge in [-0.3, -0.25) is 4.79 Å². The molecule has 6 nitrogen and oxygen atoms in total. The lowest BCUT2D eigenvalue weighted by molar-refractivity contribution is 0.0999. The summed E-state index contributed by atoms with van der Waals surface area (Å²) < 4.78 is 10.5. The number of rotatable bonds is 4. The standard InChI is InChI=1S/C24H19ClN2O4/c1-13-10-21(31-27-13)23(28)22-18-11-17(19(25)12-20(18)26-24(22)29)16-4-2-14(3-5-16)15-6-8-30-9-7-15/h2-6,10-12,26,29H,7-9H2,1H3. The molecule has 0 aliphatic carbocycles. The number of aryl methyl sites for hydroxylation is 1. The Bertz CT molecular complexity index is 1330. The number of carbonyl (C=O) groups excluding carboxylic acids is 1. The second-order valence-electron chi connectivity index (χ2n) is 7.52. The zero-order valence-corrected chi connectivity index (χ0v) is 17.5. The third kappa shape index (κ3) is 3.54. The average molecular weight is 435 g/mol. The van der Waals surface area contributed by atoms with Gasteiger partial charge in [-0.05, 0) is 42.2 Å². The summed E-state index contributed by atoms with van der Waals surface area (Å²) in [6.45, 7) is 3.10. The highest BCUT2D eigenvalue weighted by molar-refractivity contribution is 6.34. The number of ether oxygens (including phenoxy) is 1. The molecular weight excluding hydrogens is 416 g/mol. The first-order valence-electron chi connectivity index (χ1n) is 9.91. The fraction of sp³-hybridized carbons (Fsp3) is 0.167. The highest BCUT2D eigenvalue weighted by Crippen LogP contribution is 2.37. The van der Waals surface area contributed by atoms with Crippen molar-refractivity contribution in [3.05, 3.63) is 76.1 Å². The van der Waals surface area contributed by atoms with E-state index in [0.717, 1.165) is 29.7 Å². The van der Waals surface area contributed by atoms with Gasteiger partial charge in [0.15, 0.2) is 0 Å². The van der Waals surface area contributed by atoms with E-state index in [2.05, 4.69) is 28.3 Å². The maximum Gasteiger partial charge on any atom is 0.237 e. The largest absolute Gasteiger partial charge is 0.494 e. The van der Waals surface area contributed by atoms with Crippen molar-refractivity contribution in [1.82, 2.24) is 10.1 Å². The quantitative estimate of drug-likeness (QED) is 0.412. The molecule has 1 aliphatic rings. The smallest absolute Gasteiger partial charge is 0.237 e. The highest BCUT2D eigenvalue weighted by Gasteiger charge is 2.24. The van der Waals surface area contributed by atoms with Gasteiger partial charge in [-0.1, -0.05) is 47.1 Å². The van der Waals surface area contributed by atoms with Crippen LogP contribution < -0.4 is 0 Å². The molecule has 0 bridgehead atoms. The lowest BCUT2D eigenvalue weighted by Crippen LogP contribution is -2.03. The van der Waals surface area contributed by atoms with E-state index >= 15 is 0 Å². The van der Waals surface area contributed by atoms with Gasteiger partial charge in [0.05, 0.1) is 35.0 Å². The Kier molecular flexibility index (Phi) is 4.88. The van der Waals surface area contributed by atoms with E-state index in [1.54, 1.807) is 19.1 Å². The Labute approximate surface area is 183 Å². The number of ketones is 1. The van der Waals surface area contributed by atoms with E-state index in [4.69, 9.17) is 20.9 Å². The maximum atomic E-state index is 12.9. The summed E-state index contributed by atoms with van der Waals surface area (Å²) in [6, 6.07) is 13.2. The first-order chi connectivity index (χ1) is 15.0. The number of nitrogens with one attached hydrogen (secondary N) is 1. The molecule has 156 valence electrons. The first kappa shape index (κ1) is 19.6. The Morgan fingerprint density at radius 1 is 1.16 bits per heavy atom. The second kappa shape index (κ2) is 7.72. The average Bonchev–Trinajstić information content (AvgIpc) is 3.35. The number of H-pyrrole nitrogens is 1. The van der Waals surface area contributed by atoms with Crippen molar-refractivity contribution in [1.29, 1.82) is 0 Å². The van der Waals surface area contributed by atoms with E-state index in [1.165, 1.54) is 5.57 Å². The second-order valence-corrected chi connectivity index (χ2v) is 7.93. The molecule has 0 unspecified atom stereocenters. The first-order valence-corrected chi connectivity index (χ1v) is 10.3. The summed E-state index contributed by atoms with van der Waals surface area (Å²) in [5.74, 6) is -0.609. The van der Waals surface area contributed by atoms with Crippen LogP contribution in [0.4, 0.5) is 0 Å². The molecule has 1 aliphatic heterocycles. The van der Waals surface area contributed by atoms with Gasteiger partial charge >= 0.3 is 0 Å². The van der Waals surface area contributed by atoms with E-state index in [0.29, 0.717) is 28.2 Å². The summed E-state index contributed by atoms with van der Waals surface area (Å²) in [5.41, 5.74) is 5.39. The van der Waals surface area contributed by atoms with Gasteiger partial charge in [0, 0.05) is 17.0 Å². The van der Waals surface area contributed by atoms with E-state index in [9.17, 15) is 9.90 Å². The predicted molar refractivity (Wildman–Crippen MR) is 118 cm³/mol. The lowest BCUT2D eigenvalue weighted by Gasteiger charge is -2.14. The normalized spacial score (nSPS) is 14.1. The van der Waals surface area contributed by atoms with E-state index in [-0.39, 0.29) is 17.2 Å². The minimum Gasteiger partial charge on any atom is -0.494 e. The summed E-state index contributed by atoms with van der Waals surface area (Å²) in [5, 5.41) is 15.2. The Hall–Kier alpha value is -3.35. The van der Waals surface area contributed by atoms with Gasteiger partial charge in [-0.15, -0.1) is 0 Å². The van der Waals surface area contributed by atoms with Crippen LogP contribution in [0.3, 0.4) is 0 Å². The molecule has 4 aromatic rings. The van der Waals surface area contributed by atoms with Crippen LogP contribution in [-0.4, -0.2) is 34.2 Å². The van der Waals surface area contributed by atoms with Crippen LogP contribution in [0, 0.1) is 6.92 Å². The monoisotopic (exact) mass is 434 g/mol. The predicted octanol–water partition coefficient (Wildman–Crippen LogP) is 5.53. The molecule has 31 heavy (non-hydrogen) atoms. The number of carbonyl (C=O) groups is 1. The van der Waals surface area contributed by atoms with Crippen LogP contribution in [0.25, 0.3) is 27.6 Å². The molecule has 5 rings (SSSR count). The number of halogens is 1. The lowest BCUT2D eigenvalue weighted by atomic mass is 9.96. The molecule has 0 radical (unpaired) electrons. The molecular formula is C24H19ClN2O4. The van der Waals surface area contributed by atoms with Crippen molar-refractivity contribution in [2.75, 3.05) is 13.2 Å². The van der Waals surface area contributed by atoms with Crippen molar-refractivity contribution < 1.29 is 19.2 Å². The molecule has 3 heterocycles. The van der Waals surface area contributed by atoms with Crippen molar-refractivity contribution in [3.8, 4) is 17.0 Å². The molecule has 0 amide bonds. The summed E-state index contributed by atoms with van der Waals surface area (Å²) in [7, 11) is 0. The zero-order valence-electron chi connectivity index (χ0n) is 16.7. The SMILES string of the molecule is Cc1cc(C(=O)c2c(O)[nH]c3cc(Cl)c(-c4ccc(C5=CCOCC5)cc4)cc23)on1. The summed E-state index contributed by atoms with van der Waals surface area (Å²) >= 11 is 6.54. The number of hydrogen-bond donors (Lipinski definition) is 2. The molecule has 0 saturated carbocycles. The van der Waals surface area contributed by atoms with Crippen molar-refractivity contribution in [2.45, 2.75) is 13.3 Å². The van der Waals surface area contributed by atoms with E-state index in [1.807, 2.05) is 18.2 Å². The van der Waals surface area contributed by atoms with Crippen LogP contribution in [0.1, 0.15) is 33.8 Å². The Morgan fingerprint density at radius 2 is 1.94 bits per heavy atom. The summed E-state index contributed by atoms with van der Waals surface area (Å²) in [4.78, 5) is 15.8. The number of benzene rings is 2. The van der Waals surface area contributed by atoms with Gasteiger partial charge in [0.25, 0.3) is 0 Å². The molecule has 0 saturated heterocycles. The fourth-order valence-corrected chi connectivity index (χ4v) is 4.17. The van der Waals surface area contributed by atoms with Crippen LogP contribution in [0.5, 0.6) is 5.88 Å². The zero-order chi connectivity index (χ0) is 21.5. The highest BCUT2D eigenvalue weighted by atomic mass is 35.5. The minimum absolute atomic E-state index is 0.0688. The number of aromatic amines is 1. The molecule has 2 aromatic carbocycles. The fourth-order valence-electron chi connectivity index (χ4n) is 3.90. The molecule has 0 atom stereocenters. The molecule has 0 spiro atoms. The van der Waals surface area contributed by atoms with Gasteiger partial charge < -0.3 is 19.4 Å². The molecule has 0 fully saturated rings. The van der Waals surface area contributed by atoms with Crippen molar-refractivity contribution in [2.24, 2.45) is 0 Å². The van der Waals surface area contributed by atoms with Crippen LogP contribution >= 0.6 is 11.6 Å². The van der Waals surface area contributed by atoms with Crippen molar-refractivity contribution in [3.63, 3.8) is 0 Å². The maximum absolute atomic E-state index is 12.9. The van der Waals surface area contributed by atoms with Crippen molar-refractivity contribution >= 4 is 33.9 Å². The van der Waals surface area contributed by atoms with Gasteiger partial charge in [0.1, 0.15) is 0 Å². The summed E-state index contributed by atoms with van der Waals surface area (Å²) in [6.07, 6.45) is 2.99. The number of aromatic nitrogens is 2. The Balaban J connectivity index is 1.57. The molecule has 2 N–H and O–H groups in total. The van der Waals surface area contributed by atoms with E-state index < -0.39 is 5.78 Å². The van der Waals surface area contributed by atoms with Crippen LogP contribution in [0.15, 0.2) is 53.1 Å². The third-order valence-corrected chi connectivity index (χ3v) is 5.79. The number of fused-ring (bicyclic) bond motifs is 1.